The number of hydrogen-bond donors (Lipinski definition) is 2. The van der Waals surface area contributed by atoms with Gasteiger partial charge in [-0.05, 0) is 17.7 Å². The zero-order valence-corrected chi connectivity index (χ0v) is 11.8. The molecule has 3 N–H and O–H groups in total. The molecule has 0 aliphatic carbocycles. The Balaban J connectivity index is 2.96. The summed E-state index contributed by atoms with van der Waals surface area (Å²) >= 11 is 3.28. The second-order valence-corrected chi connectivity index (χ2v) is 5.03. The number of hydrogen-bond acceptors (Lipinski definition) is 3. The van der Waals surface area contributed by atoms with Gasteiger partial charge in [-0.25, -0.2) is 0 Å². The summed E-state index contributed by atoms with van der Waals surface area (Å²) in [5, 5.41) is 8.92. The second kappa shape index (κ2) is 7.23. The molecule has 1 unspecified atom stereocenters. The van der Waals surface area contributed by atoms with E-state index < -0.39 is 18.8 Å². The van der Waals surface area contributed by atoms with Crippen molar-refractivity contribution < 1.29 is 18.3 Å². The fourth-order valence-electron chi connectivity index (χ4n) is 1.91. The Kier molecular flexibility index (Phi) is 6.25. The molecule has 0 heterocycles. The normalized spacial score (nSPS) is 13.8. The van der Waals surface area contributed by atoms with Crippen LogP contribution in [-0.2, 0) is 0 Å². The molecule has 0 aromatic heterocycles. The molecular formula is C12H16BrF3N2O. The molecule has 1 rings (SSSR count). The fraction of sp³-hybridized carbons (Fsp3) is 0.500. The molecule has 0 amide bonds. The van der Waals surface area contributed by atoms with E-state index in [1.165, 1.54) is 0 Å². The van der Waals surface area contributed by atoms with Crippen molar-refractivity contribution in [2.24, 2.45) is 5.73 Å². The van der Waals surface area contributed by atoms with Crippen molar-refractivity contribution in [1.29, 1.82) is 0 Å². The summed E-state index contributed by atoms with van der Waals surface area (Å²) < 4.78 is 38.4. The summed E-state index contributed by atoms with van der Waals surface area (Å²) in [6.07, 6.45) is -4.32. The Bertz CT molecular complexity index is 401. The van der Waals surface area contributed by atoms with Gasteiger partial charge in [-0.2, -0.15) is 13.2 Å². The van der Waals surface area contributed by atoms with E-state index in [9.17, 15) is 13.2 Å². The standard InChI is InChI=1S/C12H16BrF3N2O/c13-10-3-1-2-9(6-10)11(7-17)18(4-5-19)8-12(14,15)16/h1-3,6,11,19H,4-5,7-8,17H2. The van der Waals surface area contributed by atoms with E-state index in [1.54, 1.807) is 24.3 Å². The van der Waals surface area contributed by atoms with E-state index in [-0.39, 0.29) is 19.7 Å². The number of aliphatic hydroxyl groups excluding tert-OH is 1. The van der Waals surface area contributed by atoms with E-state index in [0.717, 1.165) is 9.37 Å². The summed E-state index contributed by atoms with van der Waals surface area (Å²) in [4.78, 5) is 1.14. The highest BCUT2D eigenvalue weighted by atomic mass is 79.9. The lowest BCUT2D eigenvalue weighted by Gasteiger charge is -2.31. The minimum absolute atomic E-state index is 0.0481. The quantitative estimate of drug-likeness (QED) is 0.835. The van der Waals surface area contributed by atoms with Gasteiger partial charge in [-0.15, -0.1) is 0 Å². The molecule has 0 aliphatic heterocycles. The fourth-order valence-corrected chi connectivity index (χ4v) is 2.33. The molecule has 108 valence electrons. The first-order valence-electron chi connectivity index (χ1n) is 5.74. The van der Waals surface area contributed by atoms with Gasteiger partial charge in [0.1, 0.15) is 0 Å². The highest BCUT2D eigenvalue weighted by molar-refractivity contribution is 9.10. The third kappa shape index (κ3) is 5.48. The molecule has 7 heteroatoms. The lowest BCUT2D eigenvalue weighted by Crippen LogP contribution is -2.41. The average molecular weight is 341 g/mol. The number of nitrogens with zero attached hydrogens (tertiary/aromatic N) is 1. The van der Waals surface area contributed by atoms with Crippen LogP contribution < -0.4 is 5.73 Å². The third-order valence-electron chi connectivity index (χ3n) is 2.67. The average Bonchev–Trinajstić information content (AvgIpc) is 2.28. The Labute approximate surface area is 118 Å². The molecule has 3 nitrogen and oxygen atoms in total. The summed E-state index contributed by atoms with van der Waals surface area (Å²) in [7, 11) is 0. The van der Waals surface area contributed by atoms with Crippen LogP contribution in [0.5, 0.6) is 0 Å². The number of nitrogens with two attached hydrogens (primary N) is 1. The topological polar surface area (TPSA) is 49.5 Å². The van der Waals surface area contributed by atoms with Gasteiger partial charge in [0.15, 0.2) is 0 Å². The van der Waals surface area contributed by atoms with E-state index in [0.29, 0.717) is 5.56 Å². The smallest absolute Gasteiger partial charge is 0.395 e. The molecule has 0 saturated carbocycles. The molecule has 0 aliphatic rings. The molecule has 1 aromatic rings. The van der Waals surface area contributed by atoms with Crippen molar-refractivity contribution in [3.63, 3.8) is 0 Å². The molecule has 0 fully saturated rings. The van der Waals surface area contributed by atoms with Gasteiger partial charge >= 0.3 is 6.18 Å². The molecule has 1 aromatic carbocycles. The minimum Gasteiger partial charge on any atom is -0.395 e. The number of alkyl halides is 3. The Morgan fingerprint density at radius 2 is 2.05 bits per heavy atom. The Hall–Kier alpha value is -0.630. The predicted molar refractivity (Wildman–Crippen MR) is 70.7 cm³/mol. The largest absolute Gasteiger partial charge is 0.401 e. The lowest BCUT2D eigenvalue weighted by molar-refractivity contribution is -0.151. The van der Waals surface area contributed by atoms with Gasteiger partial charge in [-0.1, -0.05) is 28.1 Å². The SMILES string of the molecule is NCC(c1cccc(Br)c1)N(CCO)CC(F)(F)F. The van der Waals surface area contributed by atoms with Gasteiger partial charge in [0, 0.05) is 23.6 Å². The van der Waals surface area contributed by atoms with Crippen LogP contribution in [0.3, 0.4) is 0 Å². The van der Waals surface area contributed by atoms with E-state index in [4.69, 9.17) is 10.8 Å². The van der Waals surface area contributed by atoms with Gasteiger partial charge < -0.3 is 10.8 Å². The minimum atomic E-state index is -4.32. The van der Waals surface area contributed by atoms with Crippen molar-refractivity contribution in [2.45, 2.75) is 12.2 Å². The predicted octanol–water partition coefficient (Wildman–Crippen LogP) is 2.31. The molecule has 1 atom stereocenters. The van der Waals surface area contributed by atoms with Gasteiger partial charge in [0.05, 0.1) is 13.2 Å². The summed E-state index contributed by atoms with van der Waals surface area (Å²) in [5.74, 6) is 0. The lowest BCUT2D eigenvalue weighted by atomic mass is 10.1. The highest BCUT2D eigenvalue weighted by Gasteiger charge is 2.33. The first kappa shape index (κ1) is 16.4. The maximum atomic E-state index is 12.5. The molecule has 0 radical (unpaired) electrons. The van der Waals surface area contributed by atoms with Crippen molar-refractivity contribution >= 4 is 15.9 Å². The molecule has 0 bridgehead atoms. The van der Waals surface area contributed by atoms with Crippen LogP contribution in [0, 0.1) is 0 Å². The first-order valence-corrected chi connectivity index (χ1v) is 6.54. The summed E-state index contributed by atoms with van der Waals surface area (Å²) in [5.41, 5.74) is 6.29. The van der Waals surface area contributed by atoms with Crippen LogP contribution in [0.15, 0.2) is 28.7 Å². The van der Waals surface area contributed by atoms with Crippen molar-refractivity contribution in [1.82, 2.24) is 4.90 Å². The summed E-state index contributed by atoms with van der Waals surface area (Å²) in [6.45, 7) is -1.47. The van der Waals surface area contributed by atoms with E-state index in [1.807, 2.05) is 0 Å². The number of rotatable bonds is 6. The number of halogens is 4. The Morgan fingerprint density at radius 1 is 1.37 bits per heavy atom. The first-order chi connectivity index (χ1) is 8.87. The number of aliphatic hydroxyl groups is 1. The summed E-state index contributed by atoms with van der Waals surface area (Å²) in [6, 6.07) is 6.41. The molecule has 0 saturated heterocycles. The van der Waals surface area contributed by atoms with Crippen LogP contribution in [0.1, 0.15) is 11.6 Å². The van der Waals surface area contributed by atoms with Crippen LogP contribution >= 0.6 is 15.9 Å². The Morgan fingerprint density at radius 3 is 2.53 bits per heavy atom. The molecular weight excluding hydrogens is 325 g/mol. The van der Waals surface area contributed by atoms with Crippen LogP contribution in [0.4, 0.5) is 13.2 Å². The second-order valence-electron chi connectivity index (χ2n) is 4.12. The van der Waals surface area contributed by atoms with Crippen LogP contribution in [0.2, 0.25) is 0 Å². The van der Waals surface area contributed by atoms with E-state index in [2.05, 4.69) is 15.9 Å². The van der Waals surface area contributed by atoms with Gasteiger partial charge in [0.2, 0.25) is 0 Å². The highest BCUT2D eigenvalue weighted by Crippen LogP contribution is 2.26. The van der Waals surface area contributed by atoms with Crippen molar-refractivity contribution in [3.05, 3.63) is 34.3 Å². The number of benzene rings is 1. The van der Waals surface area contributed by atoms with E-state index >= 15 is 0 Å². The maximum absolute atomic E-state index is 12.5. The monoisotopic (exact) mass is 340 g/mol. The zero-order chi connectivity index (χ0) is 14.5. The molecule has 19 heavy (non-hydrogen) atoms. The van der Waals surface area contributed by atoms with Crippen molar-refractivity contribution in [3.8, 4) is 0 Å². The van der Waals surface area contributed by atoms with Crippen molar-refractivity contribution in [2.75, 3.05) is 26.2 Å². The maximum Gasteiger partial charge on any atom is 0.401 e. The molecule has 0 spiro atoms. The third-order valence-corrected chi connectivity index (χ3v) is 3.16. The van der Waals surface area contributed by atoms with Crippen LogP contribution in [0.25, 0.3) is 0 Å². The van der Waals surface area contributed by atoms with Gasteiger partial charge in [-0.3, -0.25) is 4.90 Å². The zero-order valence-electron chi connectivity index (χ0n) is 10.2. The van der Waals surface area contributed by atoms with Gasteiger partial charge in [0.25, 0.3) is 0 Å². The van der Waals surface area contributed by atoms with Crippen LogP contribution in [-0.4, -0.2) is 42.4 Å².